The number of nitrogens with one attached hydrogen (secondary N) is 1. The van der Waals surface area contributed by atoms with E-state index in [1.165, 1.54) is 12.1 Å². The zero-order chi connectivity index (χ0) is 12.8. The molecule has 0 unspecified atom stereocenters. The van der Waals surface area contributed by atoms with Gasteiger partial charge in [-0.1, -0.05) is 19.1 Å². The Labute approximate surface area is 117 Å². The lowest BCUT2D eigenvalue weighted by Gasteiger charge is -2.22. The van der Waals surface area contributed by atoms with Gasteiger partial charge in [0.2, 0.25) is 0 Å². The molecule has 3 nitrogen and oxygen atoms in total. The van der Waals surface area contributed by atoms with Crippen LogP contribution in [0, 0.1) is 0 Å². The minimum atomic E-state index is 0.920. The van der Waals surface area contributed by atoms with Crippen LogP contribution in [-0.2, 0) is 0 Å². The molecule has 0 aliphatic carbocycles. The number of nitrogens with zero attached hydrogens (tertiary/aromatic N) is 2. The molecule has 2 heterocycles. The zero-order valence-electron chi connectivity index (χ0n) is 10.8. The maximum Gasteiger partial charge on any atom is 0.113 e. The number of anilines is 1. The van der Waals surface area contributed by atoms with Gasteiger partial charge in [0.1, 0.15) is 4.60 Å². The molecule has 0 amide bonds. The van der Waals surface area contributed by atoms with Crippen LogP contribution >= 0.6 is 15.9 Å². The number of hydrogen-bond donors (Lipinski definition) is 1. The van der Waals surface area contributed by atoms with Crippen molar-refractivity contribution in [2.24, 2.45) is 0 Å². The number of allylic oxidation sites excluding steroid dienone is 1. The Morgan fingerprint density at radius 1 is 1.44 bits per heavy atom. The van der Waals surface area contributed by atoms with Gasteiger partial charge in [0.05, 0.1) is 11.9 Å². The Kier molecular flexibility index (Phi) is 5.20. The molecule has 1 N–H and O–H groups in total. The van der Waals surface area contributed by atoms with E-state index >= 15 is 0 Å². The van der Waals surface area contributed by atoms with E-state index in [1.54, 1.807) is 0 Å². The van der Waals surface area contributed by atoms with Crippen molar-refractivity contribution in [3.63, 3.8) is 0 Å². The summed E-state index contributed by atoms with van der Waals surface area (Å²) in [5, 5.41) is 3.42. The Hall–Kier alpha value is -0.870. The zero-order valence-corrected chi connectivity index (χ0v) is 12.4. The number of pyridine rings is 1. The van der Waals surface area contributed by atoms with Gasteiger partial charge in [-0.15, -0.1) is 0 Å². The van der Waals surface area contributed by atoms with Gasteiger partial charge in [0.25, 0.3) is 0 Å². The summed E-state index contributed by atoms with van der Waals surface area (Å²) in [5.74, 6) is 0. The maximum absolute atomic E-state index is 4.44. The largest absolute Gasteiger partial charge is 0.369 e. The van der Waals surface area contributed by atoms with E-state index in [1.807, 2.05) is 6.20 Å². The third kappa shape index (κ3) is 3.56. The maximum atomic E-state index is 4.44. The first kappa shape index (κ1) is 13.6. The molecule has 4 heteroatoms. The third-order valence-corrected chi connectivity index (χ3v) is 3.75. The van der Waals surface area contributed by atoms with Gasteiger partial charge < -0.3 is 10.2 Å². The quantitative estimate of drug-likeness (QED) is 0.870. The highest BCUT2D eigenvalue weighted by Crippen LogP contribution is 2.22. The third-order valence-electron chi connectivity index (χ3n) is 3.09. The number of halogens is 1. The lowest BCUT2D eigenvalue weighted by atomic mass is 10.2. The standard InChI is InChI=1S/C14H20BrN3/c1-2-3-5-12-10-13(11-17-14(12)15)18-8-4-6-16-7-9-18/h3,5,10-11,16H,2,4,6-9H2,1H3. The van der Waals surface area contributed by atoms with Gasteiger partial charge in [-0.05, 0) is 41.4 Å². The topological polar surface area (TPSA) is 28.2 Å². The van der Waals surface area contributed by atoms with Crippen LogP contribution in [0.4, 0.5) is 5.69 Å². The van der Waals surface area contributed by atoms with Crippen LogP contribution in [0.5, 0.6) is 0 Å². The molecule has 2 rings (SSSR count). The fourth-order valence-electron chi connectivity index (χ4n) is 2.09. The molecule has 98 valence electrons. The van der Waals surface area contributed by atoms with Crippen molar-refractivity contribution in [3.8, 4) is 0 Å². The smallest absolute Gasteiger partial charge is 0.113 e. The summed E-state index contributed by atoms with van der Waals surface area (Å²) in [6, 6.07) is 2.22. The molecule has 1 aliphatic rings. The normalized spacial score (nSPS) is 17.1. The summed E-state index contributed by atoms with van der Waals surface area (Å²) >= 11 is 3.51. The summed E-state index contributed by atoms with van der Waals surface area (Å²) in [6.45, 7) is 6.47. The van der Waals surface area contributed by atoms with Gasteiger partial charge in [-0.2, -0.15) is 0 Å². The van der Waals surface area contributed by atoms with Crippen molar-refractivity contribution in [1.82, 2.24) is 10.3 Å². The van der Waals surface area contributed by atoms with E-state index in [4.69, 9.17) is 0 Å². The second kappa shape index (κ2) is 6.90. The van der Waals surface area contributed by atoms with Gasteiger partial charge in [-0.3, -0.25) is 0 Å². The highest BCUT2D eigenvalue weighted by atomic mass is 79.9. The number of hydrogen-bond acceptors (Lipinski definition) is 3. The van der Waals surface area contributed by atoms with Crippen molar-refractivity contribution in [1.29, 1.82) is 0 Å². The minimum absolute atomic E-state index is 0.920. The molecule has 0 spiro atoms. The van der Waals surface area contributed by atoms with Crippen LogP contribution < -0.4 is 10.2 Å². The van der Waals surface area contributed by atoms with E-state index < -0.39 is 0 Å². The van der Waals surface area contributed by atoms with Crippen molar-refractivity contribution in [2.75, 3.05) is 31.1 Å². The Morgan fingerprint density at radius 3 is 3.17 bits per heavy atom. The van der Waals surface area contributed by atoms with Crippen LogP contribution in [0.2, 0.25) is 0 Å². The highest BCUT2D eigenvalue weighted by molar-refractivity contribution is 9.10. The molecule has 0 saturated carbocycles. The van der Waals surface area contributed by atoms with E-state index in [0.717, 1.165) is 42.8 Å². The minimum Gasteiger partial charge on any atom is -0.369 e. The molecule has 1 aromatic rings. The summed E-state index contributed by atoms with van der Waals surface area (Å²) in [6.07, 6.45) is 8.49. The van der Waals surface area contributed by atoms with Gasteiger partial charge in [0.15, 0.2) is 0 Å². The van der Waals surface area contributed by atoms with Gasteiger partial charge in [-0.25, -0.2) is 4.98 Å². The average molecular weight is 310 g/mol. The first-order valence-electron chi connectivity index (χ1n) is 6.59. The molecule has 1 aromatic heterocycles. The highest BCUT2D eigenvalue weighted by Gasteiger charge is 2.11. The van der Waals surface area contributed by atoms with Gasteiger partial charge in [0, 0.05) is 25.2 Å². The van der Waals surface area contributed by atoms with Crippen LogP contribution in [0.25, 0.3) is 6.08 Å². The Morgan fingerprint density at radius 2 is 2.33 bits per heavy atom. The summed E-state index contributed by atoms with van der Waals surface area (Å²) in [4.78, 5) is 6.85. The molecule has 0 aromatic carbocycles. The van der Waals surface area contributed by atoms with E-state index in [9.17, 15) is 0 Å². The lowest BCUT2D eigenvalue weighted by Crippen LogP contribution is -2.27. The molecule has 1 fully saturated rings. The summed E-state index contributed by atoms with van der Waals surface area (Å²) in [7, 11) is 0. The number of rotatable bonds is 3. The fraction of sp³-hybridized carbons (Fsp3) is 0.500. The predicted octanol–water partition coefficient (Wildman–Crippen LogP) is 3.07. The number of aromatic nitrogens is 1. The van der Waals surface area contributed by atoms with Crippen molar-refractivity contribution < 1.29 is 0 Å². The Balaban J connectivity index is 2.19. The summed E-state index contributed by atoms with van der Waals surface area (Å²) < 4.78 is 0.920. The lowest BCUT2D eigenvalue weighted by molar-refractivity contribution is 0.724. The first-order chi connectivity index (χ1) is 8.81. The molecule has 1 saturated heterocycles. The van der Waals surface area contributed by atoms with E-state index in [0.29, 0.717) is 0 Å². The second-order valence-corrected chi connectivity index (χ2v) is 5.23. The monoisotopic (exact) mass is 309 g/mol. The van der Waals surface area contributed by atoms with Crippen LogP contribution in [0.1, 0.15) is 25.3 Å². The first-order valence-corrected chi connectivity index (χ1v) is 7.38. The Bertz CT molecular complexity index is 410. The molecule has 18 heavy (non-hydrogen) atoms. The summed E-state index contributed by atoms with van der Waals surface area (Å²) in [5.41, 5.74) is 2.38. The SMILES string of the molecule is CCC=Cc1cc(N2CCCNCC2)cnc1Br. The molecular formula is C14H20BrN3. The fourth-order valence-corrected chi connectivity index (χ4v) is 2.44. The van der Waals surface area contributed by atoms with Crippen molar-refractivity contribution in [2.45, 2.75) is 19.8 Å². The average Bonchev–Trinajstić information content (AvgIpc) is 2.67. The molecule has 0 atom stereocenters. The van der Waals surface area contributed by atoms with Gasteiger partial charge >= 0.3 is 0 Å². The molecule has 1 aliphatic heterocycles. The molecule has 0 bridgehead atoms. The predicted molar refractivity (Wildman–Crippen MR) is 81.0 cm³/mol. The van der Waals surface area contributed by atoms with E-state index in [-0.39, 0.29) is 0 Å². The molecular weight excluding hydrogens is 290 g/mol. The molecule has 0 radical (unpaired) electrons. The van der Waals surface area contributed by atoms with Crippen LogP contribution in [-0.4, -0.2) is 31.2 Å². The second-order valence-electron chi connectivity index (χ2n) is 4.47. The van der Waals surface area contributed by atoms with Crippen molar-refractivity contribution >= 4 is 27.7 Å². The van der Waals surface area contributed by atoms with Crippen LogP contribution in [0.15, 0.2) is 22.9 Å². The van der Waals surface area contributed by atoms with E-state index in [2.05, 4.69) is 56.3 Å². The van der Waals surface area contributed by atoms with Crippen LogP contribution in [0.3, 0.4) is 0 Å². The van der Waals surface area contributed by atoms with Crippen molar-refractivity contribution in [3.05, 3.63) is 28.5 Å².